The molecule has 1 aromatic heterocycles. The number of furan rings is 1. The number of rotatable bonds is 6. The van der Waals surface area contributed by atoms with Crippen LogP contribution in [0.3, 0.4) is 0 Å². The van der Waals surface area contributed by atoms with Gasteiger partial charge in [0, 0.05) is 7.05 Å². The van der Waals surface area contributed by atoms with Crippen molar-refractivity contribution in [2.24, 2.45) is 5.92 Å². The third-order valence-corrected chi connectivity index (χ3v) is 6.08. The minimum absolute atomic E-state index is 0.0879. The topological polar surface area (TPSA) is 86.8 Å². The number of esters is 1. The summed E-state index contributed by atoms with van der Waals surface area (Å²) >= 11 is 0. The van der Waals surface area contributed by atoms with Crippen molar-refractivity contribution in [3.05, 3.63) is 23.2 Å². The summed E-state index contributed by atoms with van der Waals surface area (Å²) in [6.07, 6.45) is 3.33. The van der Waals surface area contributed by atoms with Gasteiger partial charge >= 0.3 is 5.97 Å². The van der Waals surface area contributed by atoms with Crippen molar-refractivity contribution in [3.8, 4) is 6.07 Å². The highest BCUT2D eigenvalue weighted by Crippen LogP contribution is 2.36. The molecule has 0 saturated heterocycles. The van der Waals surface area contributed by atoms with Gasteiger partial charge in [0.2, 0.25) is 5.91 Å². The van der Waals surface area contributed by atoms with Gasteiger partial charge in [-0.05, 0) is 58.6 Å². The van der Waals surface area contributed by atoms with E-state index in [1.54, 1.807) is 24.9 Å². The van der Waals surface area contributed by atoms with E-state index in [4.69, 9.17) is 9.15 Å². The van der Waals surface area contributed by atoms with E-state index in [9.17, 15) is 14.9 Å². The maximum Gasteiger partial charge on any atom is 0.341 e. The smallest absolute Gasteiger partial charge is 0.341 e. The molecule has 0 aromatic carbocycles. The van der Waals surface area contributed by atoms with Crippen molar-refractivity contribution in [2.75, 3.05) is 21.2 Å². The largest absolute Gasteiger partial charge is 0.465 e. The summed E-state index contributed by atoms with van der Waals surface area (Å²) in [5, 5.41) is 9.80. The van der Waals surface area contributed by atoms with Crippen LogP contribution in [0.4, 0.5) is 0 Å². The van der Waals surface area contributed by atoms with Crippen molar-refractivity contribution >= 4 is 11.9 Å². The molecule has 0 bridgehead atoms. The first-order chi connectivity index (χ1) is 13.1. The van der Waals surface area contributed by atoms with E-state index in [0.717, 1.165) is 12.8 Å². The maximum absolute atomic E-state index is 13.1. The van der Waals surface area contributed by atoms with E-state index in [2.05, 4.69) is 13.0 Å². The van der Waals surface area contributed by atoms with E-state index < -0.39 is 17.6 Å². The summed E-state index contributed by atoms with van der Waals surface area (Å²) in [6, 6.07) is 3.63. The maximum atomic E-state index is 13.1. The molecule has 0 spiro atoms. The number of hydrogen-bond donors (Lipinski definition) is 0. The number of aryl methyl sites for hydroxylation is 1. The molecule has 0 aliphatic heterocycles. The molecule has 28 heavy (non-hydrogen) atoms. The molecular weight excluding hydrogens is 358 g/mol. The van der Waals surface area contributed by atoms with Gasteiger partial charge in [-0.2, -0.15) is 5.26 Å². The predicted molar refractivity (Wildman–Crippen MR) is 104 cm³/mol. The van der Waals surface area contributed by atoms with Gasteiger partial charge in [-0.25, -0.2) is 4.79 Å². The molecule has 1 fully saturated rings. The summed E-state index contributed by atoms with van der Waals surface area (Å²) in [7, 11) is 4.89. The molecule has 1 unspecified atom stereocenters. The van der Waals surface area contributed by atoms with Gasteiger partial charge in [-0.3, -0.25) is 9.69 Å². The number of carbonyl (C=O) groups excluding carboxylic acids is 2. The number of carbonyl (C=O) groups is 2. The lowest BCUT2D eigenvalue weighted by Gasteiger charge is -2.42. The lowest BCUT2D eigenvalue weighted by atomic mass is 9.77. The number of hydrogen-bond acceptors (Lipinski definition) is 6. The Morgan fingerprint density at radius 2 is 2.00 bits per heavy atom. The second kappa shape index (κ2) is 8.78. The van der Waals surface area contributed by atoms with Crippen LogP contribution in [0.5, 0.6) is 0 Å². The summed E-state index contributed by atoms with van der Waals surface area (Å²) in [4.78, 5) is 28.3. The van der Waals surface area contributed by atoms with Crippen molar-refractivity contribution in [3.63, 3.8) is 0 Å². The number of amides is 1. The van der Waals surface area contributed by atoms with Crippen LogP contribution in [0.25, 0.3) is 0 Å². The fourth-order valence-electron chi connectivity index (χ4n) is 3.76. The Morgan fingerprint density at radius 1 is 1.39 bits per heavy atom. The van der Waals surface area contributed by atoms with Crippen molar-refractivity contribution < 1.29 is 18.7 Å². The molecule has 1 heterocycles. The number of nitrogens with zero attached hydrogens (tertiary/aromatic N) is 3. The summed E-state index contributed by atoms with van der Waals surface area (Å²) < 4.78 is 10.4. The number of methoxy groups -OCH3 is 1. The molecule has 154 valence electrons. The molecule has 0 N–H and O–H groups in total. The van der Waals surface area contributed by atoms with Crippen LogP contribution >= 0.6 is 0 Å². The molecule has 1 amide bonds. The minimum Gasteiger partial charge on any atom is -0.465 e. The molecule has 2 rings (SSSR count). The van der Waals surface area contributed by atoms with Gasteiger partial charge in [0.05, 0.1) is 25.8 Å². The van der Waals surface area contributed by atoms with Gasteiger partial charge in [0.1, 0.15) is 22.6 Å². The number of likely N-dealkylation sites (N-methyl/N-ethyl adjacent to an activating group) is 2. The molecule has 1 aliphatic carbocycles. The van der Waals surface area contributed by atoms with E-state index in [-0.39, 0.29) is 5.91 Å². The summed E-state index contributed by atoms with van der Waals surface area (Å²) in [5.74, 6) is 1.14. The van der Waals surface area contributed by atoms with Crippen LogP contribution in [-0.4, -0.2) is 54.5 Å². The van der Waals surface area contributed by atoms with Crippen molar-refractivity contribution in [1.29, 1.82) is 5.26 Å². The molecular formula is C21H31N3O4. The molecule has 7 nitrogen and oxygen atoms in total. The van der Waals surface area contributed by atoms with E-state index in [1.807, 2.05) is 18.9 Å². The third-order valence-electron chi connectivity index (χ3n) is 6.08. The first-order valence-electron chi connectivity index (χ1n) is 9.72. The monoisotopic (exact) mass is 389 g/mol. The van der Waals surface area contributed by atoms with Gasteiger partial charge in [0.25, 0.3) is 0 Å². The Kier molecular flexibility index (Phi) is 6.89. The van der Waals surface area contributed by atoms with Crippen LogP contribution in [0, 0.1) is 24.2 Å². The Morgan fingerprint density at radius 3 is 2.54 bits per heavy atom. The molecule has 1 saturated carbocycles. The highest BCUT2D eigenvalue weighted by molar-refractivity contribution is 5.90. The average molecular weight is 389 g/mol. The SMILES string of the molecule is COC(=O)c1cc(CN(C)C(C)C(=O)N(C)C2(C#N)CCC(C)CC2)oc1C. The van der Waals surface area contributed by atoms with Crippen molar-refractivity contribution in [1.82, 2.24) is 9.80 Å². The van der Waals surface area contributed by atoms with Crippen LogP contribution < -0.4 is 0 Å². The van der Waals surface area contributed by atoms with E-state index in [1.165, 1.54) is 7.11 Å². The molecule has 1 aliphatic rings. The molecule has 7 heteroatoms. The first-order valence-corrected chi connectivity index (χ1v) is 9.72. The number of ether oxygens (including phenoxy) is 1. The van der Waals surface area contributed by atoms with Gasteiger partial charge in [-0.1, -0.05) is 6.92 Å². The zero-order valence-electron chi connectivity index (χ0n) is 17.7. The van der Waals surface area contributed by atoms with Crippen LogP contribution in [0.15, 0.2) is 10.5 Å². The Balaban J connectivity index is 2.08. The molecule has 1 aromatic rings. The summed E-state index contributed by atoms with van der Waals surface area (Å²) in [6.45, 7) is 6.09. The van der Waals surface area contributed by atoms with Crippen LogP contribution in [0.2, 0.25) is 0 Å². The van der Waals surface area contributed by atoms with Gasteiger partial charge in [0.15, 0.2) is 0 Å². The lowest BCUT2D eigenvalue weighted by Crippen LogP contribution is -2.55. The highest BCUT2D eigenvalue weighted by atomic mass is 16.5. The predicted octanol–water partition coefficient (Wildman–Crippen LogP) is 3.13. The van der Waals surface area contributed by atoms with Gasteiger partial charge < -0.3 is 14.1 Å². The molecule has 0 radical (unpaired) electrons. The number of nitriles is 1. The fourth-order valence-corrected chi connectivity index (χ4v) is 3.76. The standard InChI is InChI=1S/C21H31N3O4/c1-14-7-9-21(13-22,10-8-14)24(5)19(25)15(2)23(4)12-17-11-18(16(3)28-17)20(26)27-6/h11,14-15H,7-10,12H2,1-6H3. The highest BCUT2D eigenvalue weighted by Gasteiger charge is 2.42. The van der Waals surface area contributed by atoms with Gasteiger partial charge in [-0.15, -0.1) is 0 Å². The Labute approximate surface area is 167 Å². The van der Waals surface area contributed by atoms with E-state index in [0.29, 0.717) is 42.4 Å². The van der Waals surface area contributed by atoms with Crippen molar-refractivity contribution in [2.45, 2.75) is 64.6 Å². The Hall–Kier alpha value is -2.33. The molecule has 1 atom stereocenters. The first kappa shape index (κ1) is 22.0. The zero-order chi connectivity index (χ0) is 21.1. The fraction of sp³-hybridized carbons (Fsp3) is 0.667. The summed E-state index contributed by atoms with van der Waals surface area (Å²) in [5.41, 5.74) is -0.334. The minimum atomic E-state index is -0.724. The lowest BCUT2D eigenvalue weighted by molar-refractivity contribution is -0.140. The quantitative estimate of drug-likeness (QED) is 0.695. The second-order valence-electron chi connectivity index (χ2n) is 7.99. The van der Waals surface area contributed by atoms with Crippen LogP contribution in [0.1, 0.15) is 61.4 Å². The second-order valence-corrected chi connectivity index (χ2v) is 7.99. The van der Waals surface area contributed by atoms with E-state index >= 15 is 0 Å². The average Bonchev–Trinajstić information content (AvgIpc) is 3.06. The third kappa shape index (κ3) is 4.39. The normalized spacial score (nSPS) is 23.1. The van der Waals surface area contributed by atoms with Crippen LogP contribution in [-0.2, 0) is 16.1 Å². The Bertz CT molecular complexity index is 756. The zero-order valence-corrected chi connectivity index (χ0v) is 17.7.